The van der Waals surface area contributed by atoms with E-state index in [-0.39, 0.29) is 18.5 Å². The van der Waals surface area contributed by atoms with Gasteiger partial charge in [-0.15, -0.1) is 0 Å². The van der Waals surface area contributed by atoms with Gasteiger partial charge in [-0.05, 0) is 39.3 Å². The van der Waals surface area contributed by atoms with E-state index >= 15 is 0 Å². The molecule has 0 aliphatic carbocycles. The zero-order valence-corrected chi connectivity index (χ0v) is 13.1. The van der Waals surface area contributed by atoms with Crippen LogP contribution in [0.2, 0.25) is 5.02 Å². The van der Waals surface area contributed by atoms with Gasteiger partial charge >= 0.3 is 5.97 Å². The Kier molecular flexibility index (Phi) is 6.65. The molecule has 1 aromatic carbocycles. The van der Waals surface area contributed by atoms with Gasteiger partial charge in [-0.25, -0.2) is 0 Å². The van der Waals surface area contributed by atoms with Gasteiger partial charge in [0.2, 0.25) is 0 Å². The Balaban J connectivity index is 2.96. The Bertz CT molecular complexity index is 457. The Morgan fingerprint density at radius 3 is 2.20 bits per heavy atom. The van der Waals surface area contributed by atoms with E-state index < -0.39 is 0 Å². The lowest BCUT2D eigenvalue weighted by molar-refractivity contribution is -0.146. The maximum Gasteiger partial charge on any atom is 0.310 e. The summed E-state index contributed by atoms with van der Waals surface area (Å²) in [5, 5.41) is 0.470. The van der Waals surface area contributed by atoms with Crippen LogP contribution in [0.1, 0.15) is 33.3 Å². The first-order valence-corrected chi connectivity index (χ1v) is 7.13. The molecule has 1 aromatic rings. The van der Waals surface area contributed by atoms with Crippen LogP contribution in [0.25, 0.3) is 0 Å². The molecule has 0 saturated heterocycles. The van der Waals surface area contributed by atoms with Crippen molar-refractivity contribution in [3.63, 3.8) is 0 Å². The predicted molar refractivity (Wildman–Crippen MR) is 78.7 cm³/mol. The monoisotopic (exact) mass is 300 g/mol. The minimum Gasteiger partial charge on any atom is -0.490 e. The van der Waals surface area contributed by atoms with Crippen LogP contribution >= 0.6 is 11.6 Å². The summed E-state index contributed by atoms with van der Waals surface area (Å²) in [4.78, 5) is 11.7. The zero-order chi connectivity index (χ0) is 15.1. The van der Waals surface area contributed by atoms with E-state index in [4.69, 9.17) is 25.8 Å². The van der Waals surface area contributed by atoms with Crippen molar-refractivity contribution in [2.45, 2.75) is 40.2 Å². The molecule has 0 fully saturated rings. The number of carbonyl (C=O) groups is 1. The third-order valence-electron chi connectivity index (χ3n) is 2.41. The molecule has 1 rings (SSSR count). The summed E-state index contributed by atoms with van der Waals surface area (Å²) >= 11 is 6.17. The van der Waals surface area contributed by atoms with Crippen LogP contribution in [0.5, 0.6) is 11.5 Å². The van der Waals surface area contributed by atoms with Crippen molar-refractivity contribution in [2.75, 3.05) is 13.2 Å². The fraction of sp³-hybridized carbons (Fsp3) is 0.533. The van der Waals surface area contributed by atoms with Crippen LogP contribution in [0, 0.1) is 0 Å². The highest BCUT2D eigenvalue weighted by atomic mass is 35.5. The van der Waals surface area contributed by atoms with Gasteiger partial charge in [0.25, 0.3) is 0 Å². The second-order valence-electron chi connectivity index (χ2n) is 4.47. The molecule has 0 atom stereocenters. The molecule has 0 bridgehead atoms. The van der Waals surface area contributed by atoms with Crippen molar-refractivity contribution in [2.24, 2.45) is 0 Å². The maximum atomic E-state index is 11.7. The van der Waals surface area contributed by atoms with E-state index in [0.29, 0.717) is 35.3 Å². The smallest absolute Gasteiger partial charge is 0.310 e. The van der Waals surface area contributed by atoms with Gasteiger partial charge in [-0.1, -0.05) is 11.6 Å². The standard InChI is InChI=1S/C15H21ClO4/c1-5-18-13-7-11(8-15(17)20-10(3)4)12(16)9-14(13)19-6-2/h7,9-10H,5-6,8H2,1-4H3. The van der Waals surface area contributed by atoms with E-state index in [1.54, 1.807) is 12.1 Å². The van der Waals surface area contributed by atoms with E-state index in [1.165, 1.54) is 0 Å². The topological polar surface area (TPSA) is 44.8 Å². The number of hydrogen-bond acceptors (Lipinski definition) is 4. The van der Waals surface area contributed by atoms with Crippen LogP contribution in [0.15, 0.2) is 12.1 Å². The molecule has 0 amide bonds. The average molecular weight is 301 g/mol. The lowest BCUT2D eigenvalue weighted by Crippen LogP contribution is -2.14. The molecule has 0 radical (unpaired) electrons. The number of hydrogen-bond donors (Lipinski definition) is 0. The quantitative estimate of drug-likeness (QED) is 0.721. The fourth-order valence-electron chi connectivity index (χ4n) is 1.71. The maximum absolute atomic E-state index is 11.7. The van der Waals surface area contributed by atoms with Crippen LogP contribution in [-0.2, 0) is 16.0 Å². The van der Waals surface area contributed by atoms with Crippen molar-refractivity contribution >= 4 is 17.6 Å². The lowest BCUT2D eigenvalue weighted by atomic mass is 10.1. The molecule has 0 aliphatic heterocycles. The molecule has 0 saturated carbocycles. The molecule has 112 valence electrons. The summed E-state index contributed by atoms with van der Waals surface area (Å²) in [5.74, 6) is 0.861. The molecule has 0 aliphatic rings. The molecular formula is C15H21ClO4. The fourth-order valence-corrected chi connectivity index (χ4v) is 1.93. The van der Waals surface area contributed by atoms with Crippen molar-refractivity contribution in [3.8, 4) is 11.5 Å². The summed E-state index contributed by atoms with van der Waals surface area (Å²) in [6.07, 6.45) is -0.0286. The number of carbonyl (C=O) groups excluding carboxylic acids is 1. The van der Waals surface area contributed by atoms with Gasteiger partial charge < -0.3 is 14.2 Å². The molecule has 0 heterocycles. The first kappa shape index (κ1) is 16.6. The zero-order valence-electron chi connectivity index (χ0n) is 12.4. The normalized spacial score (nSPS) is 10.5. The van der Waals surface area contributed by atoms with Gasteiger partial charge in [-0.3, -0.25) is 4.79 Å². The number of halogens is 1. The van der Waals surface area contributed by atoms with Crippen LogP contribution in [-0.4, -0.2) is 25.3 Å². The van der Waals surface area contributed by atoms with Crippen LogP contribution in [0.4, 0.5) is 0 Å². The summed E-state index contributed by atoms with van der Waals surface area (Å²) in [6.45, 7) is 8.42. The molecule has 0 spiro atoms. The first-order chi connectivity index (χ1) is 9.47. The Morgan fingerprint density at radius 1 is 1.15 bits per heavy atom. The number of ether oxygens (including phenoxy) is 3. The van der Waals surface area contributed by atoms with E-state index in [0.717, 1.165) is 0 Å². The van der Waals surface area contributed by atoms with Crippen molar-refractivity contribution in [1.82, 2.24) is 0 Å². The van der Waals surface area contributed by atoms with Gasteiger partial charge in [0, 0.05) is 11.1 Å². The molecule has 0 unspecified atom stereocenters. The van der Waals surface area contributed by atoms with Gasteiger partial charge in [0.1, 0.15) is 0 Å². The molecule has 4 nitrogen and oxygen atoms in total. The third kappa shape index (κ3) is 4.93. The third-order valence-corrected chi connectivity index (χ3v) is 2.77. The van der Waals surface area contributed by atoms with Gasteiger partial charge in [0.15, 0.2) is 11.5 Å². The minimum absolute atomic E-state index is 0.115. The summed E-state index contributed by atoms with van der Waals surface area (Å²) in [5.41, 5.74) is 0.671. The summed E-state index contributed by atoms with van der Waals surface area (Å²) in [7, 11) is 0. The summed E-state index contributed by atoms with van der Waals surface area (Å²) < 4.78 is 16.1. The first-order valence-electron chi connectivity index (χ1n) is 6.75. The predicted octanol–water partition coefficient (Wildman–Crippen LogP) is 3.63. The van der Waals surface area contributed by atoms with Crippen LogP contribution < -0.4 is 9.47 Å². The highest BCUT2D eigenvalue weighted by Gasteiger charge is 2.15. The SMILES string of the molecule is CCOc1cc(Cl)c(CC(=O)OC(C)C)cc1OCC. The second-order valence-corrected chi connectivity index (χ2v) is 4.88. The Morgan fingerprint density at radius 2 is 1.70 bits per heavy atom. The number of benzene rings is 1. The van der Waals surface area contributed by atoms with E-state index in [9.17, 15) is 4.79 Å². The average Bonchev–Trinajstić information content (AvgIpc) is 2.34. The van der Waals surface area contributed by atoms with E-state index in [1.807, 2.05) is 27.7 Å². The van der Waals surface area contributed by atoms with Crippen molar-refractivity contribution in [3.05, 3.63) is 22.7 Å². The van der Waals surface area contributed by atoms with Gasteiger partial charge in [-0.2, -0.15) is 0 Å². The molecule has 0 aromatic heterocycles. The molecular weight excluding hydrogens is 280 g/mol. The minimum atomic E-state index is -0.312. The second kappa shape index (κ2) is 8.00. The lowest BCUT2D eigenvalue weighted by Gasteiger charge is -2.14. The molecule has 0 N–H and O–H groups in total. The molecule has 20 heavy (non-hydrogen) atoms. The van der Waals surface area contributed by atoms with Gasteiger partial charge in [0.05, 0.1) is 25.7 Å². The van der Waals surface area contributed by atoms with Crippen molar-refractivity contribution < 1.29 is 19.0 Å². The number of esters is 1. The summed E-state index contributed by atoms with van der Waals surface area (Å²) in [6, 6.07) is 3.41. The highest BCUT2D eigenvalue weighted by Crippen LogP contribution is 2.34. The highest BCUT2D eigenvalue weighted by molar-refractivity contribution is 6.31. The number of rotatable bonds is 7. The Labute approximate surface area is 125 Å². The van der Waals surface area contributed by atoms with Crippen molar-refractivity contribution in [1.29, 1.82) is 0 Å². The van der Waals surface area contributed by atoms with Crippen LogP contribution in [0.3, 0.4) is 0 Å². The van der Waals surface area contributed by atoms with E-state index in [2.05, 4.69) is 0 Å². The molecule has 5 heteroatoms. The largest absolute Gasteiger partial charge is 0.490 e. The Hall–Kier alpha value is -1.42.